The monoisotopic (exact) mass is 330 g/mol. The van der Waals surface area contributed by atoms with E-state index in [0.717, 1.165) is 43.6 Å². The Morgan fingerprint density at radius 2 is 2.00 bits per heavy atom. The maximum atomic E-state index is 12.9. The van der Waals surface area contributed by atoms with Gasteiger partial charge < -0.3 is 5.32 Å². The Morgan fingerprint density at radius 1 is 1.29 bits per heavy atom. The summed E-state index contributed by atoms with van der Waals surface area (Å²) in [6, 6.07) is 2.01. The largest absolute Gasteiger partial charge is 0.312 e. The standard InChI is InChI=1S/C15H26N2O2S2/c1-3-16-11-14-10-15(12-20-14)21(18,19)17(4-2)13-8-6-5-7-9-13/h10,12-13,16H,3-9,11H2,1-2H3. The highest BCUT2D eigenvalue weighted by Gasteiger charge is 2.31. The van der Waals surface area contributed by atoms with Crippen LogP contribution in [0.4, 0.5) is 0 Å². The number of rotatable bonds is 7. The molecule has 1 aliphatic carbocycles. The first kappa shape index (κ1) is 16.9. The second kappa shape index (κ2) is 7.72. The van der Waals surface area contributed by atoms with Crippen molar-refractivity contribution >= 4 is 21.4 Å². The molecule has 0 amide bonds. The molecule has 0 atom stereocenters. The Balaban J connectivity index is 2.16. The van der Waals surface area contributed by atoms with E-state index in [9.17, 15) is 8.42 Å². The van der Waals surface area contributed by atoms with E-state index in [4.69, 9.17) is 0 Å². The normalized spacial score (nSPS) is 17.5. The molecule has 0 radical (unpaired) electrons. The first-order chi connectivity index (χ1) is 10.1. The Bertz CT molecular complexity index is 534. The summed E-state index contributed by atoms with van der Waals surface area (Å²) in [5.41, 5.74) is 0. The third-order valence-electron chi connectivity index (χ3n) is 4.08. The highest BCUT2D eigenvalue weighted by atomic mass is 32.2. The lowest BCUT2D eigenvalue weighted by Crippen LogP contribution is -2.41. The minimum absolute atomic E-state index is 0.186. The number of nitrogens with one attached hydrogen (secondary N) is 1. The minimum Gasteiger partial charge on any atom is -0.312 e. The van der Waals surface area contributed by atoms with E-state index in [1.807, 2.05) is 19.9 Å². The van der Waals surface area contributed by atoms with Gasteiger partial charge in [-0.3, -0.25) is 0 Å². The second-order valence-corrected chi connectivity index (χ2v) is 8.42. The first-order valence-electron chi connectivity index (χ1n) is 7.89. The Kier molecular flexibility index (Phi) is 6.22. The van der Waals surface area contributed by atoms with Crippen LogP contribution in [0, 0.1) is 0 Å². The molecule has 1 heterocycles. The average molecular weight is 331 g/mol. The first-order valence-corrected chi connectivity index (χ1v) is 10.2. The van der Waals surface area contributed by atoms with E-state index in [2.05, 4.69) is 5.32 Å². The highest BCUT2D eigenvalue weighted by Crippen LogP contribution is 2.29. The molecule has 1 aliphatic rings. The molecule has 1 N–H and O–H groups in total. The lowest BCUT2D eigenvalue weighted by molar-refractivity contribution is 0.261. The number of thiophene rings is 1. The van der Waals surface area contributed by atoms with Crippen LogP contribution >= 0.6 is 11.3 Å². The molecule has 120 valence electrons. The fourth-order valence-corrected chi connectivity index (χ4v) is 5.89. The van der Waals surface area contributed by atoms with Gasteiger partial charge in [0.25, 0.3) is 0 Å². The van der Waals surface area contributed by atoms with Gasteiger partial charge in [-0.25, -0.2) is 8.42 Å². The number of sulfonamides is 1. The molecule has 1 fully saturated rings. The molecule has 0 aliphatic heterocycles. The van der Waals surface area contributed by atoms with E-state index < -0.39 is 10.0 Å². The van der Waals surface area contributed by atoms with Crippen LogP contribution in [0.5, 0.6) is 0 Å². The van der Waals surface area contributed by atoms with Gasteiger partial charge in [0.15, 0.2) is 0 Å². The number of hydrogen-bond donors (Lipinski definition) is 1. The number of hydrogen-bond acceptors (Lipinski definition) is 4. The quantitative estimate of drug-likeness (QED) is 0.835. The molecular weight excluding hydrogens is 304 g/mol. The van der Waals surface area contributed by atoms with Crippen LogP contribution in [-0.2, 0) is 16.6 Å². The van der Waals surface area contributed by atoms with Crippen molar-refractivity contribution in [3.8, 4) is 0 Å². The molecule has 6 heteroatoms. The Labute approximate surface area is 132 Å². The molecular formula is C15H26N2O2S2. The molecule has 1 aromatic rings. The fourth-order valence-electron chi connectivity index (χ4n) is 2.97. The van der Waals surface area contributed by atoms with Gasteiger partial charge in [-0.2, -0.15) is 4.31 Å². The Hall–Kier alpha value is -0.430. The zero-order valence-corrected chi connectivity index (χ0v) is 14.6. The summed E-state index contributed by atoms with van der Waals surface area (Å²) in [7, 11) is -3.34. The maximum Gasteiger partial charge on any atom is 0.244 e. The lowest BCUT2D eigenvalue weighted by Gasteiger charge is -2.32. The summed E-state index contributed by atoms with van der Waals surface area (Å²) in [5, 5.41) is 5.02. The summed E-state index contributed by atoms with van der Waals surface area (Å²) >= 11 is 1.52. The predicted octanol–water partition coefficient (Wildman–Crippen LogP) is 3.20. The summed E-state index contributed by atoms with van der Waals surface area (Å²) in [5.74, 6) is 0. The van der Waals surface area contributed by atoms with Crippen molar-refractivity contribution in [2.75, 3.05) is 13.1 Å². The summed E-state index contributed by atoms with van der Waals surface area (Å²) in [6.45, 7) is 6.19. The molecule has 0 spiro atoms. The van der Waals surface area contributed by atoms with Crippen molar-refractivity contribution in [3.63, 3.8) is 0 Å². The average Bonchev–Trinajstić information content (AvgIpc) is 2.96. The van der Waals surface area contributed by atoms with Gasteiger partial charge >= 0.3 is 0 Å². The van der Waals surface area contributed by atoms with Crippen LogP contribution < -0.4 is 5.32 Å². The van der Waals surface area contributed by atoms with Crippen LogP contribution in [0.25, 0.3) is 0 Å². The summed E-state index contributed by atoms with van der Waals surface area (Å²) in [6.07, 6.45) is 5.53. The summed E-state index contributed by atoms with van der Waals surface area (Å²) in [4.78, 5) is 1.54. The molecule has 21 heavy (non-hydrogen) atoms. The second-order valence-electron chi connectivity index (χ2n) is 5.53. The predicted molar refractivity (Wildman–Crippen MR) is 88.1 cm³/mol. The van der Waals surface area contributed by atoms with Gasteiger partial charge in [0.1, 0.15) is 0 Å². The smallest absolute Gasteiger partial charge is 0.244 e. The van der Waals surface area contributed by atoms with E-state index in [-0.39, 0.29) is 6.04 Å². The van der Waals surface area contributed by atoms with Crippen molar-refractivity contribution < 1.29 is 8.42 Å². The topological polar surface area (TPSA) is 49.4 Å². The highest BCUT2D eigenvalue weighted by molar-refractivity contribution is 7.89. The molecule has 0 saturated heterocycles. The van der Waals surface area contributed by atoms with Crippen LogP contribution in [0.1, 0.15) is 50.8 Å². The van der Waals surface area contributed by atoms with E-state index in [0.29, 0.717) is 11.4 Å². The third kappa shape index (κ3) is 4.06. The zero-order chi connectivity index (χ0) is 15.3. The molecule has 2 rings (SSSR count). The van der Waals surface area contributed by atoms with Gasteiger partial charge in [-0.05, 0) is 25.5 Å². The minimum atomic E-state index is -3.34. The van der Waals surface area contributed by atoms with Crippen molar-refractivity contribution in [1.82, 2.24) is 9.62 Å². The molecule has 0 unspecified atom stereocenters. The van der Waals surface area contributed by atoms with Crippen molar-refractivity contribution in [2.45, 2.75) is 63.4 Å². The van der Waals surface area contributed by atoms with E-state index in [1.165, 1.54) is 17.8 Å². The molecule has 4 nitrogen and oxygen atoms in total. The third-order valence-corrected chi connectivity index (χ3v) is 7.17. The summed E-state index contributed by atoms with van der Waals surface area (Å²) < 4.78 is 27.4. The van der Waals surface area contributed by atoms with Gasteiger partial charge in [0.2, 0.25) is 10.0 Å². The fraction of sp³-hybridized carbons (Fsp3) is 0.733. The molecule has 0 aromatic carbocycles. The van der Waals surface area contributed by atoms with Crippen molar-refractivity contribution in [2.24, 2.45) is 0 Å². The molecule has 1 saturated carbocycles. The van der Waals surface area contributed by atoms with Crippen molar-refractivity contribution in [3.05, 3.63) is 16.3 Å². The molecule has 1 aromatic heterocycles. The van der Waals surface area contributed by atoms with Gasteiger partial charge in [0, 0.05) is 29.4 Å². The van der Waals surface area contributed by atoms with Crippen LogP contribution in [0.2, 0.25) is 0 Å². The lowest BCUT2D eigenvalue weighted by atomic mass is 9.95. The Morgan fingerprint density at radius 3 is 2.62 bits per heavy atom. The van der Waals surface area contributed by atoms with Gasteiger partial charge in [-0.15, -0.1) is 11.3 Å². The number of nitrogens with zero attached hydrogens (tertiary/aromatic N) is 1. The maximum absolute atomic E-state index is 12.9. The van der Waals surface area contributed by atoms with Gasteiger partial charge in [0.05, 0.1) is 4.90 Å². The van der Waals surface area contributed by atoms with E-state index >= 15 is 0 Å². The molecule has 0 bridgehead atoms. The van der Waals surface area contributed by atoms with Crippen LogP contribution in [0.3, 0.4) is 0 Å². The zero-order valence-electron chi connectivity index (χ0n) is 13.0. The SMILES string of the molecule is CCNCc1cc(S(=O)(=O)N(CC)C2CCCCC2)cs1. The van der Waals surface area contributed by atoms with Crippen LogP contribution in [-0.4, -0.2) is 31.9 Å². The van der Waals surface area contributed by atoms with Crippen LogP contribution in [0.15, 0.2) is 16.3 Å². The van der Waals surface area contributed by atoms with Gasteiger partial charge in [-0.1, -0.05) is 33.1 Å². The van der Waals surface area contributed by atoms with E-state index in [1.54, 1.807) is 9.69 Å². The van der Waals surface area contributed by atoms with Crippen molar-refractivity contribution in [1.29, 1.82) is 0 Å².